The molecule has 2 rings (SSSR count). The Bertz CT molecular complexity index is 553. The fourth-order valence-corrected chi connectivity index (χ4v) is 1.74. The second-order valence-corrected chi connectivity index (χ2v) is 4.02. The van der Waals surface area contributed by atoms with Gasteiger partial charge in [-0.2, -0.15) is 0 Å². The zero-order chi connectivity index (χ0) is 14.7. The molecule has 1 aliphatic heterocycles. The summed E-state index contributed by atoms with van der Waals surface area (Å²) in [5.41, 5.74) is 0.136. The largest absolute Gasteiger partial charge is 0.480 e. The van der Waals surface area contributed by atoms with Crippen molar-refractivity contribution < 1.29 is 34.1 Å². The van der Waals surface area contributed by atoms with Crippen LogP contribution in [0.5, 0.6) is 11.5 Å². The number of ether oxygens (including phenoxy) is 2. The predicted molar refractivity (Wildman–Crippen MR) is 63.7 cm³/mol. The van der Waals surface area contributed by atoms with Crippen molar-refractivity contribution in [3.8, 4) is 11.5 Å². The monoisotopic (exact) mass is 281 g/mol. The van der Waals surface area contributed by atoms with Crippen LogP contribution in [0.4, 0.5) is 0 Å². The number of amides is 1. The topological polar surface area (TPSA) is 113 Å². The zero-order valence-corrected chi connectivity index (χ0v) is 10.2. The average molecular weight is 281 g/mol. The Labute approximate surface area is 113 Å². The molecule has 0 atom stereocenters. The van der Waals surface area contributed by atoms with Crippen molar-refractivity contribution in [2.45, 2.75) is 0 Å². The number of hydrogen-bond acceptors (Lipinski definition) is 5. The van der Waals surface area contributed by atoms with Crippen LogP contribution in [0.25, 0.3) is 0 Å². The van der Waals surface area contributed by atoms with Crippen molar-refractivity contribution in [2.75, 3.05) is 19.9 Å². The number of aliphatic carboxylic acids is 2. The van der Waals surface area contributed by atoms with Gasteiger partial charge in [0.2, 0.25) is 6.79 Å². The first-order valence-corrected chi connectivity index (χ1v) is 5.60. The Kier molecular flexibility index (Phi) is 3.74. The van der Waals surface area contributed by atoms with Crippen molar-refractivity contribution >= 4 is 17.8 Å². The number of carbonyl (C=O) groups is 3. The zero-order valence-electron chi connectivity index (χ0n) is 10.2. The highest BCUT2D eigenvalue weighted by molar-refractivity contribution is 5.98. The van der Waals surface area contributed by atoms with Crippen LogP contribution in [0, 0.1) is 0 Å². The number of carboxylic acids is 2. The second kappa shape index (κ2) is 5.47. The molecule has 1 aromatic carbocycles. The first kappa shape index (κ1) is 13.7. The smallest absolute Gasteiger partial charge is 0.323 e. The van der Waals surface area contributed by atoms with E-state index in [2.05, 4.69) is 0 Å². The van der Waals surface area contributed by atoms with E-state index in [-0.39, 0.29) is 12.4 Å². The maximum Gasteiger partial charge on any atom is 0.323 e. The molecule has 1 amide bonds. The summed E-state index contributed by atoms with van der Waals surface area (Å²) in [6.45, 7) is -1.35. The summed E-state index contributed by atoms with van der Waals surface area (Å²) in [6, 6.07) is 4.32. The summed E-state index contributed by atoms with van der Waals surface area (Å²) in [4.78, 5) is 34.2. The molecule has 106 valence electrons. The minimum absolute atomic E-state index is 0.0426. The first-order valence-electron chi connectivity index (χ1n) is 5.60. The van der Waals surface area contributed by atoms with E-state index in [1.165, 1.54) is 18.2 Å². The molecule has 0 spiro atoms. The van der Waals surface area contributed by atoms with Crippen LogP contribution >= 0.6 is 0 Å². The summed E-state index contributed by atoms with van der Waals surface area (Å²) >= 11 is 0. The molecule has 0 aliphatic carbocycles. The van der Waals surface area contributed by atoms with Gasteiger partial charge in [0.15, 0.2) is 11.5 Å². The van der Waals surface area contributed by atoms with E-state index in [1.807, 2.05) is 0 Å². The van der Waals surface area contributed by atoms with Gasteiger partial charge in [-0.3, -0.25) is 14.4 Å². The van der Waals surface area contributed by atoms with Gasteiger partial charge in [-0.15, -0.1) is 0 Å². The number of rotatable bonds is 5. The lowest BCUT2D eigenvalue weighted by atomic mass is 10.1. The highest BCUT2D eigenvalue weighted by atomic mass is 16.7. The molecule has 0 saturated carbocycles. The highest BCUT2D eigenvalue weighted by Gasteiger charge is 2.23. The lowest BCUT2D eigenvalue weighted by Gasteiger charge is -2.18. The fraction of sp³-hybridized carbons (Fsp3) is 0.250. The van der Waals surface area contributed by atoms with Crippen molar-refractivity contribution in [3.05, 3.63) is 23.8 Å². The Morgan fingerprint density at radius 3 is 2.25 bits per heavy atom. The van der Waals surface area contributed by atoms with Crippen LogP contribution in [0.2, 0.25) is 0 Å². The number of hydrogen-bond donors (Lipinski definition) is 2. The van der Waals surface area contributed by atoms with E-state index < -0.39 is 30.9 Å². The predicted octanol–water partition coefficient (Wildman–Crippen LogP) is 0.0267. The Balaban J connectivity index is 2.22. The second-order valence-electron chi connectivity index (χ2n) is 4.02. The average Bonchev–Trinajstić information content (AvgIpc) is 2.83. The lowest BCUT2D eigenvalue weighted by Crippen LogP contribution is -2.39. The number of carbonyl (C=O) groups excluding carboxylic acids is 1. The number of nitrogens with zero attached hydrogens (tertiary/aromatic N) is 1. The third-order valence-electron chi connectivity index (χ3n) is 2.56. The molecule has 0 aromatic heterocycles. The third kappa shape index (κ3) is 2.97. The normalized spacial score (nSPS) is 12.0. The molecular formula is C12H11NO7. The molecule has 8 heteroatoms. The Morgan fingerprint density at radius 1 is 1.05 bits per heavy atom. The molecule has 0 bridgehead atoms. The fourth-order valence-electron chi connectivity index (χ4n) is 1.74. The molecular weight excluding hydrogens is 270 g/mol. The standard InChI is InChI=1S/C12H11NO7/c14-10(15)4-13(5-11(16)17)12(18)7-1-2-8-9(3-7)20-6-19-8/h1-3H,4-6H2,(H,14,15)(H,16,17). The van der Waals surface area contributed by atoms with Crippen molar-refractivity contribution in [1.82, 2.24) is 4.90 Å². The number of carboxylic acid groups (broad SMARTS) is 2. The molecule has 0 radical (unpaired) electrons. The molecule has 0 saturated heterocycles. The lowest BCUT2D eigenvalue weighted by molar-refractivity contribution is -0.140. The van der Waals surface area contributed by atoms with E-state index in [4.69, 9.17) is 19.7 Å². The Hall–Kier alpha value is -2.77. The van der Waals surface area contributed by atoms with Gasteiger partial charge in [0.25, 0.3) is 5.91 Å². The molecule has 8 nitrogen and oxygen atoms in total. The van der Waals surface area contributed by atoms with E-state index in [0.29, 0.717) is 11.5 Å². The summed E-state index contributed by atoms with van der Waals surface area (Å²) in [5, 5.41) is 17.4. The molecule has 20 heavy (non-hydrogen) atoms. The van der Waals surface area contributed by atoms with Gasteiger partial charge < -0.3 is 24.6 Å². The van der Waals surface area contributed by atoms with E-state index in [1.54, 1.807) is 0 Å². The van der Waals surface area contributed by atoms with E-state index in [0.717, 1.165) is 4.90 Å². The maximum atomic E-state index is 12.1. The van der Waals surface area contributed by atoms with Gasteiger partial charge in [0.05, 0.1) is 0 Å². The third-order valence-corrected chi connectivity index (χ3v) is 2.56. The molecule has 0 unspecified atom stereocenters. The highest BCUT2D eigenvalue weighted by Crippen LogP contribution is 2.32. The Morgan fingerprint density at radius 2 is 1.65 bits per heavy atom. The molecule has 1 heterocycles. The minimum atomic E-state index is -1.29. The summed E-state index contributed by atoms with van der Waals surface area (Å²) < 4.78 is 10.2. The van der Waals surface area contributed by atoms with Crippen LogP contribution in [0.3, 0.4) is 0 Å². The van der Waals surface area contributed by atoms with E-state index in [9.17, 15) is 14.4 Å². The van der Waals surface area contributed by atoms with E-state index >= 15 is 0 Å². The summed E-state index contributed by atoms with van der Waals surface area (Å²) in [6.07, 6.45) is 0. The number of fused-ring (bicyclic) bond motifs is 1. The van der Waals surface area contributed by atoms with Crippen LogP contribution in [-0.4, -0.2) is 52.8 Å². The van der Waals surface area contributed by atoms with Gasteiger partial charge in [-0.25, -0.2) is 0 Å². The first-order chi connectivity index (χ1) is 9.47. The SMILES string of the molecule is O=C(O)CN(CC(=O)O)C(=O)c1ccc2c(c1)OCO2. The van der Waals surface area contributed by atoms with Crippen LogP contribution < -0.4 is 9.47 Å². The van der Waals surface area contributed by atoms with Crippen LogP contribution in [0.1, 0.15) is 10.4 Å². The molecule has 1 aromatic rings. The molecule has 1 aliphatic rings. The van der Waals surface area contributed by atoms with Crippen molar-refractivity contribution in [2.24, 2.45) is 0 Å². The minimum Gasteiger partial charge on any atom is -0.480 e. The summed E-state index contributed by atoms with van der Waals surface area (Å²) in [7, 11) is 0. The van der Waals surface area contributed by atoms with Gasteiger partial charge in [0, 0.05) is 5.56 Å². The van der Waals surface area contributed by atoms with Crippen molar-refractivity contribution in [3.63, 3.8) is 0 Å². The van der Waals surface area contributed by atoms with Crippen LogP contribution in [-0.2, 0) is 9.59 Å². The number of benzene rings is 1. The van der Waals surface area contributed by atoms with Gasteiger partial charge in [0.1, 0.15) is 13.1 Å². The van der Waals surface area contributed by atoms with Gasteiger partial charge in [-0.1, -0.05) is 0 Å². The van der Waals surface area contributed by atoms with Gasteiger partial charge in [-0.05, 0) is 18.2 Å². The summed E-state index contributed by atoms with van der Waals surface area (Å²) in [5.74, 6) is -2.44. The van der Waals surface area contributed by atoms with Gasteiger partial charge >= 0.3 is 11.9 Å². The van der Waals surface area contributed by atoms with Crippen LogP contribution in [0.15, 0.2) is 18.2 Å². The van der Waals surface area contributed by atoms with Crippen molar-refractivity contribution in [1.29, 1.82) is 0 Å². The maximum absolute atomic E-state index is 12.1. The molecule has 0 fully saturated rings. The molecule has 2 N–H and O–H groups in total. The quantitative estimate of drug-likeness (QED) is 0.782.